The maximum atomic E-state index is 13.6. The summed E-state index contributed by atoms with van der Waals surface area (Å²) in [6, 6.07) is 3.77. The van der Waals surface area contributed by atoms with Gasteiger partial charge in [0.05, 0.1) is 22.7 Å². The van der Waals surface area contributed by atoms with Crippen LogP contribution in [0.1, 0.15) is 38.8 Å². The first-order chi connectivity index (χ1) is 15.2. The number of ether oxygens (including phenoxy) is 1. The highest BCUT2D eigenvalue weighted by Crippen LogP contribution is 2.34. The van der Waals surface area contributed by atoms with Gasteiger partial charge in [-0.1, -0.05) is 43.9 Å². The Morgan fingerprint density at radius 3 is 2.62 bits per heavy atom. The second kappa shape index (κ2) is 8.96. The Balaban J connectivity index is 1.87. The van der Waals surface area contributed by atoms with Crippen LogP contribution >= 0.6 is 24.0 Å². The molecule has 0 unspecified atom stereocenters. The third kappa shape index (κ3) is 4.33. The predicted octanol–water partition coefficient (Wildman–Crippen LogP) is 3.47. The summed E-state index contributed by atoms with van der Waals surface area (Å²) in [5, 5.41) is 0. The van der Waals surface area contributed by atoms with Crippen molar-refractivity contribution in [2.45, 2.75) is 46.8 Å². The third-order valence-corrected chi connectivity index (χ3v) is 6.86. The second-order valence-corrected chi connectivity index (χ2v) is 10.6. The largest absolute Gasteiger partial charge is 0.372 e. The zero-order valence-corrected chi connectivity index (χ0v) is 20.6. The molecule has 0 spiro atoms. The molecule has 32 heavy (non-hydrogen) atoms. The van der Waals surface area contributed by atoms with E-state index in [1.165, 1.54) is 11.8 Å². The summed E-state index contributed by atoms with van der Waals surface area (Å²) in [6.45, 7) is 11.8. The van der Waals surface area contributed by atoms with Crippen LogP contribution in [0.3, 0.4) is 0 Å². The minimum absolute atomic E-state index is 0.00738. The van der Waals surface area contributed by atoms with Gasteiger partial charge >= 0.3 is 0 Å². The second-order valence-electron chi connectivity index (χ2n) is 8.89. The van der Waals surface area contributed by atoms with Crippen LogP contribution in [0.4, 0.5) is 5.82 Å². The summed E-state index contributed by atoms with van der Waals surface area (Å²) >= 11 is 6.69. The highest BCUT2D eigenvalue weighted by Gasteiger charge is 2.34. The number of fused-ring (bicyclic) bond motifs is 1. The average molecular weight is 473 g/mol. The van der Waals surface area contributed by atoms with Gasteiger partial charge in [-0.3, -0.25) is 18.9 Å². The molecule has 2 aliphatic heterocycles. The van der Waals surface area contributed by atoms with Crippen molar-refractivity contribution >= 4 is 51.7 Å². The summed E-state index contributed by atoms with van der Waals surface area (Å²) in [4.78, 5) is 35.7. The minimum Gasteiger partial charge on any atom is -0.372 e. The van der Waals surface area contributed by atoms with Crippen molar-refractivity contribution < 1.29 is 9.53 Å². The fourth-order valence-electron chi connectivity index (χ4n) is 4.17. The van der Waals surface area contributed by atoms with Gasteiger partial charge in [0.15, 0.2) is 0 Å². The van der Waals surface area contributed by atoms with Crippen molar-refractivity contribution in [2.24, 2.45) is 5.92 Å². The fraction of sp³-hybridized carbons (Fsp3) is 0.478. The molecule has 2 aromatic rings. The van der Waals surface area contributed by atoms with Crippen molar-refractivity contribution in [3.63, 3.8) is 0 Å². The molecule has 0 bridgehead atoms. The normalized spacial score (nSPS) is 23.2. The molecule has 1 amide bonds. The Labute approximate surface area is 197 Å². The number of morpholine rings is 1. The number of aromatic nitrogens is 2. The standard InChI is InChI=1S/C23H28N4O3S2/c1-13(2)10-27-22(29)18(32-23(27)31)9-17-20(25-11-15(4)30-16(5)12-25)24-19-14(3)7-6-8-26(19)21(17)28/h6-9,13,15-16H,10-12H2,1-5H3/b18-9-/t15-,16-/m1/s1. The number of amides is 1. The summed E-state index contributed by atoms with van der Waals surface area (Å²) in [7, 11) is 0. The molecule has 2 aromatic heterocycles. The summed E-state index contributed by atoms with van der Waals surface area (Å²) in [6.07, 6.45) is 3.40. The topological polar surface area (TPSA) is 67.2 Å². The molecule has 2 atom stereocenters. The van der Waals surface area contributed by atoms with Gasteiger partial charge in [-0.15, -0.1) is 0 Å². The molecule has 0 saturated carbocycles. The molecule has 2 aliphatic rings. The van der Waals surface area contributed by atoms with E-state index in [-0.39, 0.29) is 23.7 Å². The summed E-state index contributed by atoms with van der Waals surface area (Å²) in [5.74, 6) is 0.720. The maximum Gasteiger partial charge on any atom is 0.267 e. The zero-order chi connectivity index (χ0) is 23.2. The first kappa shape index (κ1) is 22.9. The Morgan fingerprint density at radius 2 is 1.97 bits per heavy atom. The third-order valence-electron chi connectivity index (χ3n) is 5.48. The molecule has 4 heterocycles. The van der Waals surface area contributed by atoms with E-state index in [2.05, 4.69) is 4.90 Å². The molecule has 4 rings (SSSR count). The van der Waals surface area contributed by atoms with Crippen molar-refractivity contribution in [1.29, 1.82) is 0 Å². The number of aryl methyl sites for hydroxylation is 1. The lowest BCUT2D eigenvalue weighted by Crippen LogP contribution is -2.46. The lowest BCUT2D eigenvalue weighted by atomic mass is 10.1. The molecule has 0 radical (unpaired) electrons. The highest BCUT2D eigenvalue weighted by atomic mass is 32.2. The van der Waals surface area contributed by atoms with Crippen LogP contribution < -0.4 is 10.5 Å². The van der Waals surface area contributed by atoms with Gasteiger partial charge in [0, 0.05) is 25.8 Å². The molecule has 0 aliphatic carbocycles. The van der Waals surface area contributed by atoms with E-state index in [9.17, 15) is 9.59 Å². The SMILES string of the molecule is Cc1cccn2c(=O)c(/C=C3\SC(=S)N(CC(C)C)C3=O)c(N3C[C@@H](C)O[C@H](C)C3)nc12. The Morgan fingerprint density at radius 1 is 1.28 bits per heavy atom. The Bertz CT molecular complexity index is 1160. The van der Waals surface area contributed by atoms with E-state index in [0.717, 1.165) is 5.56 Å². The monoisotopic (exact) mass is 472 g/mol. The molecule has 2 saturated heterocycles. The van der Waals surface area contributed by atoms with Crippen LogP contribution in [-0.4, -0.2) is 56.4 Å². The van der Waals surface area contributed by atoms with E-state index in [4.69, 9.17) is 21.9 Å². The van der Waals surface area contributed by atoms with Crippen LogP contribution in [0.25, 0.3) is 11.7 Å². The number of carbonyl (C=O) groups excluding carboxylic acids is 1. The molecule has 7 nitrogen and oxygen atoms in total. The van der Waals surface area contributed by atoms with Crippen molar-refractivity contribution in [3.8, 4) is 0 Å². The fourth-order valence-corrected chi connectivity index (χ4v) is 5.43. The van der Waals surface area contributed by atoms with Gasteiger partial charge in [0.25, 0.3) is 11.5 Å². The van der Waals surface area contributed by atoms with Crippen LogP contribution in [0.15, 0.2) is 28.0 Å². The predicted molar refractivity (Wildman–Crippen MR) is 133 cm³/mol. The number of thiocarbonyl (C=S) groups is 1. The average Bonchev–Trinajstić information content (AvgIpc) is 2.96. The van der Waals surface area contributed by atoms with Gasteiger partial charge in [0.1, 0.15) is 15.8 Å². The molecule has 0 N–H and O–H groups in total. The number of pyridine rings is 1. The molecule has 2 fully saturated rings. The number of anilines is 1. The van der Waals surface area contributed by atoms with E-state index in [1.54, 1.807) is 21.6 Å². The van der Waals surface area contributed by atoms with Crippen molar-refractivity contribution in [3.05, 3.63) is 44.7 Å². The van der Waals surface area contributed by atoms with Crippen LogP contribution in [-0.2, 0) is 9.53 Å². The molecule has 9 heteroatoms. The first-order valence-corrected chi connectivity index (χ1v) is 12.1. The number of thioether (sulfide) groups is 1. The van der Waals surface area contributed by atoms with E-state index in [1.807, 2.05) is 46.8 Å². The smallest absolute Gasteiger partial charge is 0.267 e. The van der Waals surface area contributed by atoms with Gasteiger partial charge < -0.3 is 9.64 Å². The molecule has 170 valence electrons. The molecular formula is C23H28N4O3S2. The maximum absolute atomic E-state index is 13.6. The van der Waals surface area contributed by atoms with Crippen molar-refractivity contribution in [1.82, 2.24) is 14.3 Å². The lowest BCUT2D eigenvalue weighted by Gasteiger charge is -2.36. The van der Waals surface area contributed by atoms with Crippen LogP contribution in [0.5, 0.6) is 0 Å². The van der Waals surface area contributed by atoms with E-state index < -0.39 is 0 Å². The number of nitrogens with zero attached hydrogens (tertiary/aromatic N) is 4. The van der Waals surface area contributed by atoms with Crippen LogP contribution in [0, 0.1) is 12.8 Å². The van der Waals surface area contributed by atoms with Gasteiger partial charge in [-0.2, -0.15) is 0 Å². The quantitative estimate of drug-likeness (QED) is 0.499. The molecule has 0 aromatic carbocycles. The van der Waals surface area contributed by atoms with Gasteiger partial charge in [0.2, 0.25) is 0 Å². The number of carbonyl (C=O) groups is 1. The highest BCUT2D eigenvalue weighted by molar-refractivity contribution is 8.26. The first-order valence-electron chi connectivity index (χ1n) is 10.8. The van der Waals surface area contributed by atoms with E-state index in [0.29, 0.717) is 51.8 Å². The van der Waals surface area contributed by atoms with Crippen molar-refractivity contribution in [2.75, 3.05) is 24.5 Å². The molecular weight excluding hydrogens is 444 g/mol. The lowest BCUT2D eigenvalue weighted by molar-refractivity contribution is -0.122. The number of hydrogen-bond acceptors (Lipinski definition) is 7. The Kier molecular flexibility index (Phi) is 6.42. The number of rotatable bonds is 4. The van der Waals surface area contributed by atoms with E-state index >= 15 is 0 Å². The summed E-state index contributed by atoms with van der Waals surface area (Å²) < 4.78 is 7.96. The minimum atomic E-state index is -0.199. The van der Waals surface area contributed by atoms with Gasteiger partial charge in [-0.25, -0.2) is 4.98 Å². The summed E-state index contributed by atoms with van der Waals surface area (Å²) in [5.41, 5.74) is 1.73. The van der Waals surface area contributed by atoms with Gasteiger partial charge in [-0.05, 0) is 44.4 Å². The number of hydrogen-bond donors (Lipinski definition) is 0. The zero-order valence-electron chi connectivity index (χ0n) is 19.0. The van der Waals surface area contributed by atoms with Crippen LogP contribution in [0.2, 0.25) is 0 Å². The Hall–Kier alpha value is -2.23.